The molecular formula is C22H27F3N5OP. The van der Waals surface area contributed by atoms with Crippen molar-refractivity contribution in [1.82, 2.24) is 20.3 Å². The lowest BCUT2D eigenvalue weighted by molar-refractivity contribution is -0.137. The SMILES string of the molecule is CCP(=O)(CC)c1ccc2c(-c3nc(N[C@H]4CCCNC4)ncc3C(F)(F)F)c[nH]c2c1. The smallest absolute Gasteiger partial charge is 0.360 e. The van der Waals surface area contributed by atoms with Gasteiger partial charge in [0.05, 0.1) is 5.69 Å². The molecule has 1 saturated heterocycles. The summed E-state index contributed by atoms with van der Waals surface area (Å²) >= 11 is 0. The van der Waals surface area contributed by atoms with Crippen LogP contribution in [0.4, 0.5) is 19.1 Å². The second-order valence-electron chi connectivity index (χ2n) is 8.10. The number of fused-ring (bicyclic) bond motifs is 1. The minimum atomic E-state index is -4.59. The summed E-state index contributed by atoms with van der Waals surface area (Å²) in [5.41, 5.74) is -0.0826. The summed E-state index contributed by atoms with van der Waals surface area (Å²) in [5.74, 6) is 0.175. The zero-order valence-corrected chi connectivity index (χ0v) is 19.0. The van der Waals surface area contributed by atoms with Crippen molar-refractivity contribution < 1.29 is 17.7 Å². The first-order valence-corrected chi connectivity index (χ1v) is 12.9. The summed E-state index contributed by atoms with van der Waals surface area (Å²) in [5, 5.41) is 7.74. The Bertz CT molecular complexity index is 1150. The van der Waals surface area contributed by atoms with Crippen LogP contribution in [0.3, 0.4) is 0 Å². The average molecular weight is 465 g/mol. The first-order chi connectivity index (χ1) is 15.2. The lowest BCUT2D eigenvalue weighted by Gasteiger charge is -2.24. The van der Waals surface area contributed by atoms with Gasteiger partial charge in [-0.25, -0.2) is 9.97 Å². The molecule has 2 aromatic heterocycles. The van der Waals surface area contributed by atoms with Gasteiger partial charge in [-0.3, -0.25) is 0 Å². The normalized spacial score (nSPS) is 17.6. The summed E-state index contributed by atoms with van der Waals surface area (Å²) in [7, 11) is -2.51. The van der Waals surface area contributed by atoms with Crippen molar-refractivity contribution in [2.24, 2.45) is 0 Å². The Kier molecular flexibility index (Phi) is 6.32. The number of alkyl halides is 3. The van der Waals surface area contributed by atoms with Crippen LogP contribution in [-0.4, -0.2) is 46.4 Å². The molecule has 1 aliphatic rings. The van der Waals surface area contributed by atoms with E-state index in [4.69, 9.17) is 0 Å². The number of piperidine rings is 1. The molecule has 1 aliphatic heterocycles. The summed E-state index contributed by atoms with van der Waals surface area (Å²) in [6.07, 6.45) is 0.740. The summed E-state index contributed by atoms with van der Waals surface area (Å²) in [4.78, 5) is 11.3. The van der Waals surface area contributed by atoms with E-state index >= 15 is 0 Å². The van der Waals surface area contributed by atoms with Gasteiger partial charge in [0, 0.05) is 59.1 Å². The lowest BCUT2D eigenvalue weighted by atomic mass is 10.1. The molecule has 0 unspecified atom stereocenters. The van der Waals surface area contributed by atoms with E-state index in [0.29, 0.717) is 35.3 Å². The van der Waals surface area contributed by atoms with E-state index in [1.165, 1.54) is 6.20 Å². The fourth-order valence-electron chi connectivity index (χ4n) is 4.17. The highest BCUT2D eigenvalue weighted by molar-refractivity contribution is 7.71. The number of aromatic amines is 1. The van der Waals surface area contributed by atoms with Gasteiger partial charge in [0.1, 0.15) is 12.7 Å². The summed E-state index contributed by atoms with van der Waals surface area (Å²) in [6, 6.07) is 5.34. The van der Waals surface area contributed by atoms with Crippen molar-refractivity contribution in [3.63, 3.8) is 0 Å². The van der Waals surface area contributed by atoms with Gasteiger partial charge >= 0.3 is 6.18 Å². The third-order valence-corrected chi connectivity index (χ3v) is 9.40. The molecule has 3 N–H and O–H groups in total. The van der Waals surface area contributed by atoms with E-state index in [2.05, 4.69) is 25.6 Å². The Labute approximate surface area is 184 Å². The fourth-order valence-corrected chi connectivity index (χ4v) is 6.06. The van der Waals surface area contributed by atoms with Gasteiger partial charge in [-0.15, -0.1) is 0 Å². The molecule has 0 saturated carbocycles. The van der Waals surface area contributed by atoms with Crippen molar-refractivity contribution in [2.45, 2.75) is 38.9 Å². The van der Waals surface area contributed by atoms with Crippen LogP contribution in [0.15, 0.2) is 30.6 Å². The van der Waals surface area contributed by atoms with Gasteiger partial charge in [0.15, 0.2) is 0 Å². The molecule has 32 heavy (non-hydrogen) atoms. The van der Waals surface area contributed by atoms with Crippen molar-refractivity contribution in [3.05, 3.63) is 36.2 Å². The van der Waals surface area contributed by atoms with E-state index in [-0.39, 0.29) is 17.7 Å². The van der Waals surface area contributed by atoms with Crippen LogP contribution in [0.2, 0.25) is 0 Å². The first kappa shape index (κ1) is 22.8. The fraction of sp³-hybridized carbons (Fsp3) is 0.455. The number of benzene rings is 1. The van der Waals surface area contributed by atoms with Gasteiger partial charge < -0.3 is 20.2 Å². The summed E-state index contributed by atoms with van der Waals surface area (Å²) in [6.45, 7) is 5.42. The highest BCUT2D eigenvalue weighted by Crippen LogP contribution is 2.44. The highest BCUT2D eigenvalue weighted by Gasteiger charge is 2.36. The quantitative estimate of drug-likeness (QED) is 0.454. The van der Waals surface area contributed by atoms with E-state index in [1.807, 2.05) is 13.8 Å². The number of hydrogen-bond donors (Lipinski definition) is 3. The van der Waals surface area contributed by atoms with Crippen LogP contribution in [0, 0.1) is 0 Å². The molecule has 10 heteroatoms. The molecule has 0 aliphatic carbocycles. The number of halogens is 3. The molecule has 0 bridgehead atoms. The third-order valence-electron chi connectivity index (χ3n) is 6.14. The number of nitrogens with one attached hydrogen (secondary N) is 3. The van der Waals surface area contributed by atoms with E-state index < -0.39 is 18.9 Å². The minimum Gasteiger partial charge on any atom is -0.360 e. The molecule has 0 amide bonds. The Morgan fingerprint density at radius 3 is 2.69 bits per heavy atom. The van der Waals surface area contributed by atoms with Crippen LogP contribution in [0.25, 0.3) is 22.2 Å². The standard InChI is InChI=1S/C22H27F3N5OP/c1-3-32(31,4-2)15-7-8-16-17(12-27-19(16)10-15)20-18(22(23,24)25)13-28-21(30-20)29-14-6-5-9-26-11-14/h7-8,10,12-14,26-27H,3-6,9,11H2,1-2H3,(H,28,29,30)/t14-/m0/s1. The van der Waals surface area contributed by atoms with E-state index in [9.17, 15) is 17.7 Å². The van der Waals surface area contributed by atoms with Crippen LogP contribution in [0.5, 0.6) is 0 Å². The molecule has 1 aromatic carbocycles. The molecule has 4 rings (SSSR count). The number of rotatable bonds is 6. The Morgan fingerprint density at radius 2 is 2.03 bits per heavy atom. The predicted octanol–water partition coefficient (Wildman–Crippen LogP) is 4.84. The van der Waals surface area contributed by atoms with E-state index in [0.717, 1.165) is 30.9 Å². The zero-order chi connectivity index (χ0) is 22.9. The molecule has 3 aromatic rings. The maximum atomic E-state index is 13.8. The Balaban J connectivity index is 1.78. The first-order valence-electron chi connectivity index (χ1n) is 10.9. The molecule has 1 fully saturated rings. The van der Waals surface area contributed by atoms with Crippen molar-refractivity contribution in [1.29, 1.82) is 0 Å². The zero-order valence-electron chi connectivity index (χ0n) is 18.1. The Morgan fingerprint density at radius 1 is 1.25 bits per heavy atom. The largest absolute Gasteiger partial charge is 0.419 e. The van der Waals surface area contributed by atoms with Gasteiger partial charge in [-0.2, -0.15) is 13.2 Å². The third kappa shape index (κ3) is 4.41. The van der Waals surface area contributed by atoms with Crippen LogP contribution >= 0.6 is 7.14 Å². The second-order valence-corrected chi connectivity index (χ2v) is 11.7. The number of hydrogen-bond acceptors (Lipinski definition) is 5. The second kappa shape index (κ2) is 8.87. The van der Waals surface area contributed by atoms with E-state index in [1.54, 1.807) is 18.2 Å². The number of aromatic nitrogens is 3. The topological polar surface area (TPSA) is 82.7 Å². The van der Waals surface area contributed by atoms with Gasteiger partial charge in [0.25, 0.3) is 0 Å². The van der Waals surface area contributed by atoms with Crippen molar-refractivity contribution in [3.8, 4) is 11.3 Å². The maximum Gasteiger partial charge on any atom is 0.419 e. The number of H-pyrrole nitrogens is 1. The average Bonchev–Trinajstić information content (AvgIpc) is 3.21. The van der Waals surface area contributed by atoms with Crippen molar-refractivity contribution in [2.75, 3.05) is 30.7 Å². The highest BCUT2D eigenvalue weighted by atomic mass is 31.2. The molecule has 0 spiro atoms. The summed E-state index contributed by atoms with van der Waals surface area (Å²) < 4.78 is 54.5. The van der Waals surface area contributed by atoms with Crippen LogP contribution in [0.1, 0.15) is 32.3 Å². The molecule has 172 valence electrons. The predicted molar refractivity (Wildman–Crippen MR) is 122 cm³/mol. The molecule has 0 radical (unpaired) electrons. The Hall–Kier alpha value is -2.38. The lowest BCUT2D eigenvalue weighted by Crippen LogP contribution is -2.38. The minimum absolute atomic E-state index is 0.0658. The number of nitrogens with zero attached hydrogens (tertiary/aromatic N) is 2. The van der Waals surface area contributed by atoms with Crippen molar-refractivity contribution >= 4 is 29.3 Å². The molecule has 3 heterocycles. The molecule has 1 atom stereocenters. The van der Waals surface area contributed by atoms with Crippen LogP contribution < -0.4 is 15.9 Å². The molecular weight excluding hydrogens is 438 g/mol. The number of anilines is 1. The van der Waals surface area contributed by atoms with Gasteiger partial charge in [-0.1, -0.05) is 26.0 Å². The monoisotopic (exact) mass is 465 g/mol. The van der Waals surface area contributed by atoms with Gasteiger partial charge in [0.2, 0.25) is 5.95 Å². The van der Waals surface area contributed by atoms with Gasteiger partial charge in [-0.05, 0) is 25.5 Å². The maximum absolute atomic E-state index is 13.8. The van der Waals surface area contributed by atoms with Crippen LogP contribution in [-0.2, 0) is 10.7 Å². The molecule has 6 nitrogen and oxygen atoms in total.